The van der Waals surface area contributed by atoms with Gasteiger partial charge in [0.05, 0.1) is 24.2 Å². The lowest BCUT2D eigenvalue weighted by molar-refractivity contribution is -0.148. The Kier molecular flexibility index (Phi) is 5.44. The lowest BCUT2D eigenvalue weighted by Gasteiger charge is -2.18. The van der Waals surface area contributed by atoms with Crippen molar-refractivity contribution in [3.05, 3.63) is 54.4 Å². The molecule has 7 nitrogen and oxygen atoms in total. The van der Waals surface area contributed by atoms with E-state index < -0.39 is 0 Å². The second kappa shape index (κ2) is 8.18. The fourth-order valence-corrected chi connectivity index (χ4v) is 3.89. The fraction of sp³-hybridized carbons (Fsp3) is 0.348. The third kappa shape index (κ3) is 3.87. The molecule has 1 saturated heterocycles. The average Bonchev–Trinajstić information content (AvgIpc) is 3.28. The number of anilines is 1. The first-order valence-electron chi connectivity index (χ1n) is 10.1. The van der Waals surface area contributed by atoms with Gasteiger partial charge in [-0.05, 0) is 50.2 Å². The van der Waals surface area contributed by atoms with Crippen LogP contribution in [0.15, 0.2) is 48.5 Å². The number of methoxy groups -OCH3 is 1. The van der Waals surface area contributed by atoms with Crippen LogP contribution in [0.3, 0.4) is 0 Å². The van der Waals surface area contributed by atoms with Crippen LogP contribution in [-0.4, -0.2) is 41.2 Å². The van der Waals surface area contributed by atoms with E-state index in [1.54, 1.807) is 12.0 Å². The molecule has 1 amide bonds. The molecular weight excluding hydrogens is 382 g/mol. The van der Waals surface area contributed by atoms with E-state index in [9.17, 15) is 9.59 Å². The van der Waals surface area contributed by atoms with E-state index in [0.29, 0.717) is 13.0 Å². The van der Waals surface area contributed by atoms with E-state index in [1.807, 2.05) is 66.9 Å². The molecule has 0 spiro atoms. The Morgan fingerprint density at radius 2 is 1.90 bits per heavy atom. The van der Waals surface area contributed by atoms with Crippen LogP contribution in [0.5, 0.6) is 5.75 Å². The smallest absolute Gasteiger partial charge is 0.326 e. The molecule has 3 aromatic rings. The van der Waals surface area contributed by atoms with Gasteiger partial charge < -0.3 is 18.9 Å². The molecule has 0 unspecified atom stereocenters. The molecule has 0 radical (unpaired) electrons. The normalized spacial score (nSPS) is 16.5. The molecule has 1 atom stereocenters. The van der Waals surface area contributed by atoms with Gasteiger partial charge in [0.15, 0.2) is 0 Å². The number of fused-ring (bicyclic) bond motifs is 1. The number of imidazole rings is 1. The summed E-state index contributed by atoms with van der Waals surface area (Å²) >= 11 is 0. The van der Waals surface area contributed by atoms with Crippen LogP contribution in [0.2, 0.25) is 0 Å². The minimum absolute atomic E-state index is 0.0357. The van der Waals surface area contributed by atoms with Crippen molar-refractivity contribution in [2.75, 3.05) is 18.6 Å². The average molecular weight is 407 g/mol. The van der Waals surface area contributed by atoms with Gasteiger partial charge in [0, 0.05) is 24.6 Å². The molecule has 4 rings (SSSR count). The van der Waals surface area contributed by atoms with Crippen molar-refractivity contribution in [1.82, 2.24) is 9.55 Å². The maximum atomic E-state index is 12.8. The molecule has 0 saturated carbocycles. The number of amides is 1. The third-order valence-corrected chi connectivity index (χ3v) is 5.21. The molecular formula is C23H25N3O4. The topological polar surface area (TPSA) is 73.7 Å². The largest absolute Gasteiger partial charge is 0.497 e. The van der Waals surface area contributed by atoms with Crippen LogP contribution in [0, 0.1) is 0 Å². The van der Waals surface area contributed by atoms with Gasteiger partial charge in [-0.25, -0.2) is 4.98 Å². The van der Waals surface area contributed by atoms with Gasteiger partial charge >= 0.3 is 5.97 Å². The summed E-state index contributed by atoms with van der Waals surface area (Å²) in [6.07, 6.45) is 0.156. The van der Waals surface area contributed by atoms with Crippen molar-refractivity contribution in [2.45, 2.75) is 38.8 Å². The van der Waals surface area contributed by atoms with Gasteiger partial charge in [0.1, 0.15) is 18.1 Å². The van der Waals surface area contributed by atoms with Gasteiger partial charge in [-0.2, -0.15) is 0 Å². The Bertz CT molecular complexity index is 1070. The second-order valence-electron chi connectivity index (χ2n) is 7.69. The number of carbonyl (C=O) groups is 2. The number of hydrogen-bond donors (Lipinski definition) is 0. The highest BCUT2D eigenvalue weighted by atomic mass is 16.5. The zero-order chi connectivity index (χ0) is 21.3. The Morgan fingerprint density at radius 1 is 1.17 bits per heavy atom. The van der Waals surface area contributed by atoms with Crippen LogP contribution >= 0.6 is 0 Å². The molecule has 2 aromatic carbocycles. The maximum absolute atomic E-state index is 12.8. The number of para-hydroxylation sites is 2. The summed E-state index contributed by atoms with van der Waals surface area (Å²) in [4.78, 5) is 31.7. The number of rotatable bonds is 6. The number of aromatic nitrogens is 2. The summed E-state index contributed by atoms with van der Waals surface area (Å²) < 4.78 is 12.4. The second-order valence-corrected chi connectivity index (χ2v) is 7.69. The standard InChI is InChI=1S/C23H25N3O4/c1-15(2)30-22(28)14-26-20-7-5-4-6-19(20)24-23(26)16-12-21(27)25(13-16)17-8-10-18(29-3)11-9-17/h4-11,15-16H,12-14H2,1-3H3/t16-/m0/s1. The molecule has 2 heterocycles. The number of carbonyl (C=O) groups excluding carboxylic acids is 2. The molecule has 1 aromatic heterocycles. The van der Waals surface area contributed by atoms with E-state index in [0.717, 1.165) is 28.3 Å². The number of benzene rings is 2. The van der Waals surface area contributed by atoms with Crippen LogP contribution in [0.1, 0.15) is 32.0 Å². The van der Waals surface area contributed by atoms with Gasteiger partial charge in [-0.3, -0.25) is 9.59 Å². The molecule has 7 heteroatoms. The van der Waals surface area contributed by atoms with E-state index in [-0.39, 0.29) is 30.4 Å². The lowest BCUT2D eigenvalue weighted by atomic mass is 10.1. The summed E-state index contributed by atoms with van der Waals surface area (Å²) in [7, 11) is 1.61. The van der Waals surface area contributed by atoms with Crippen molar-refractivity contribution in [1.29, 1.82) is 0 Å². The monoisotopic (exact) mass is 407 g/mol. The lowest BCUT2D eigenvalue weighted by Crippen LogP contribution is -2.25. The first-order valence-corrected chi connectivity index (χ1v) is 10.1. The Balaban J connectivity index is 1.64. The Morgan fingerprint density at radius 3 is 2.60 bits per heavy atom. The van der Waals surface area contributed by atoms with Crippen molar-refractivity contribution in [2.24, 2.45) is 0 Å². The summed E-state index contributed by atoms with van der Waals surface area (Å²) in [6, 6.07) is 15.1. The molecule has 156 valence electrons. The zero-order valence-electron chi connectivity index (χ0n) is 17.4. The summed E-state index contributed by atoms with van der Waals surface area (Å²) in [6.45, 7) is 4.23. The predicted molar refractivity (Wildman–Crippen MR) is 114 cm³/mol. The quantitative estimate of drug-likeness (QED) is 0.585. The van der Waals surface area contributed by atoms with E-state index in [4.69, 9.17) is 14.5 Å². The van der Waals surface area contributed by atoms with E-state index in [1.165, 1.54) is 0 Å². The van der Waals surface area contributed by atoms with Crippen molar-refractivity contribution in [3.63, 3.8) is 0 Å². The van der Waals surface area contributed by atoms with Crippen molar-refractivity contribution >= 4 is 28.6 Å². The number of hydrogen-bond acceptors (Lipinski definition) is 5. The van der Waals surface area contributed by atoms with Crippen molar-refractivity contribution < 1.29 is 19.1 Å². The van der Waals surface area contributed by atoms with Crippen LogP contribution in [-0.2, 0) is 20.9 Å². The van der Waals surface area contributed by atoms with E-state index in [2.05, 4.69) is 0 Å². The predicted octanol–water partition coefficient (Wildman–Crippen LogP) is 3.52. The number of ether oxygens (including phenoxy) is 2. The maximum Gasteiger partial charge on any atom is 0.326 e. The highest BCUT2D eigenvalue weighted by Gasteiger charge is 2.35. The SMILES string of the molecule is COc1ccc(N2C[C@@H](c3nc4ccccc4n3CC(=O)OC(C)C)CC2=O)cc1. The van der Waals surface area contributed by atoms with E-state index >= 15 is 0 Å². The summed E-state index contributed by atoms with van der Waals surface area (Å²) in [5, 5.41) is 0. The molecule has 1 aliphatic rings. The van der Waals surface area contributed by atoms with Gasteiger partial charge in [-0.15, -0.1) is 0 Å². The number of esters is 1. The first kappa shape index (κ1) is 19.9. The number of nitrogens with zero attached hydrogens (tertiary/aromatic N) is 3. The van der Waals surface area contributed by atoms with Crippen LogP contribution in [0.4, 0.5) is 5.69 Å². The zero-order valence-corrected chi connectivity index (χ0v) is 17.4. The van der Waals surface area contributed by atoms with Crippen LogP contribution in [0.25, 0.3) is 11.0 Å². The Labute approximate surface area is 175 Å². The highest BCUT2D eigenvalue weighted by molar-refractivity contribution is 5.96. The minimum atomic E-state index is -0.314. The summed E-state index contributed by atoms with van der Waals surface area (Å²) in [5.74, 6) is 1.09. The molecule has 30 heavy (non-hydrogen) atoms. The first-order chi connectivity index (χ1) is 14.5. The Hall–Kier alpha value is -3.35. The molecule has 0 N–H and O–H groups in total. The van der Waals surface area contributed by atoms with Crippen molar-refractivity contribution in [3.8, 4) is 5.75 Å². The molecule has 1 fully saturated rings. The molecule has 0 aliphatic carbocycles. The fourth-order valence-electron chi connectivity index (χ4n) is 3.89. The molecule has 0 bridgehead atoms. The molecule has 1 aliphatic heterocycles. The summed E-state index contributed by atoms with van der Waals surface area (Å²) in [5.41, 5.74) is 2.49. The van der Waals surface area contributed by atoms with Gasteiger partial charge in [-0.1, -0.05) is 12.1 Å². The van der Waals surface area contributed by atoms with Gasteiger partial charge in [0.25, 0.3) is 0 Å². The minimum Gasteiger partial charge on any atom is -0.497 e. The third-order valence-electron chi connectivity index (χ3n) is 5.21. The highest BCUT2D eigenvalue weighted by Crippen LogP contribution is 2.33. The van der Waals surface area contributed by atoms with Crippen LogP contribution < -0.4 is 9.64 Å². The van der Waals surface area contributed by atoms with Gasteiger partial charge in [0.2, 0.25) is 5.91 Å².